The van der Waals surface area contributed by atoms with E-state index in [0.29, 0.717) is 0 Å². The Morgan fingerprint density at radius 2 is 1.86 bits per heavy atom. The van der Waals surface area contributed by atoms with Crippen LogP contribution in [0.25, 0.3) is 0 Å². The van der Waals surface area contributed by atoms with E-state index in [-0.39, 0.29) is 11.9 Å². The molecule has 2 aromatic rings. The molecule has 0 saturated carbocycles. The lowest BCUT2D eigenvalue weighted by molar-refractivity contribution is 0.626. The van der Waals surface area contributed by atoms with E-state index in [1.54, 1.807) is 0 Å². The van der Waals surface area contributed by atoms with Crippen molar-refractivity contribution in [2.45, 2.75) is 25.8 Å². The third-order valence-corrected chi connectivity index (χ3v) is 3.93. The fourth-order valence-electron chi connectivity index (χ4n) is 2.76. The molecule has 2 heterocycles. The van der Waals surface area contributed by atoms with Crippen molar-refractivity contribution in [1.29, 1.82) is 0 Å². The summed E-state index contributed by atoms with van der Waals surface area (Å²) in [5.74, 6) is 0.814. The number of hydrogen-bond donors (Lipinski definition) is 1. The maximum absolute atomic E-state index is 13.0. The largest absolute Gasteiger partial charge is 0.376 e. The molecule has 1 aromatic carbocycles. The number of anilines is 2. The Kier molecular flexibility index (Phi) is 4.04. The summed E-state index contributed by atoms with van der Waals surface area (Å²) >= 11 is 0. The Bertz CT molecular complexity index is 591. The van der Waals surface area contributed by atoms with Crippen molar-refractivity contribution >= 4 is 11.5 Å². The molecule has 0 aliphatic carbocycles. The van der Waals surface area contributed by atoms with E-state index in [2.05, 4.69) is 28.2 Å². The van der Waals surface area contributed by atoms with Crippen LogP contribution in [0.15, 0.2) is 42.6 Å². The SMILES string of the molecule is CC(Nc1cccnc1N1CCCC1)c1ccc(F)cc1. The van der Waals surface area contributed by atoms with E-state index in [1.165, 1.54) is 25.0 Å². The molecule has 1 saturated heterocycles. The lowest BCUT2D eigenvalue weighted by Gasteiger charge is -2.23. The van der Waals surface area contributed by atoms with Gasteiger partial charge in [0, 0.05) is 25.3 Å². The van der Waals surface area contributed by atoms with Crippen LogP contribution in [0, 0.1) is 5.82 Å². The van der Waals surface area contributed by atoms with E-state index in [9.17, 15) is 4.39 Å². The van der Waals surface area contributed by atoms with Crippen molar-refractivity contribution < 1.29 is 4.39 Å². The molecule has 3 nitrogen and oxygen atoms in total. The maximum Gasteiger partial charge on any atom is 0.151 e. The Labute approximate surface area is 124 Å². The molecule has 0 spiro atoms. The van der Waals surface area contributed by atoms with E-state index in [0.717, 1.165) is 30.2 Å². The number of aromatic nitrogens is 1. The first kappa shape index (κ1) is 13.9. The summed E-state index contributed by atoms with van der Waals surface area (Å²) in [6.07, 6.45) is 4.29. The zero-order chi connectivity index (χ0) is 14.7. The fourth-order valence-corrected chi connectivity index (χ4v) is 2.76. The summed E-state index contributed by atoms with van der Waals surface area (Å²) in [5.41, 5.74) is 2.10. The monoisotopic (exact) mass is 285 g/mol. The summed E-state index contributed by atoms with van der Waals surface area (Å²) in [6, 6.07) is 10.7. The Balaban J connectivity index is 1.79. The number of hydrogen-bond acceptors (Lipinski definition) is 3. The second-order valence-electron chi connectivity index (χ2n) is 5.49. The number of benzene rings is 1. The Morgan fingerprint density at radius 3 is 2.57 bits per heavy atom. The summed E-state index contributed by atoms with van der Waals surface area (Å²) in [5, 5.41) is 3.50. The number of nitrogens with one attached hydrogen (secondary N) is 1. The zero-order valence-electron chi connectivity index (χ0n) is 12.2. The average Bonchev–Trinajstić information content (AvgIpc) is 3.02. The second-order valence-corrected chi connectivity index (χ2v) is 5.49. The van der Waals surface area contributed by atoms with Crippen LogP contribution in [0.2, 0.25) is 0 Å². The summed E-state index contributed by atoms with van der Waals surface area (Å²) in [7, 11) is 0. The van der Waals surface area contributed by atoms with Gasteiger partial charge in [-0.1, -0.05) is 12.1 Å². The van der Waals surface area contributed by atoms with Crippen molar-refractivity contribution in [3.8, 4) is 0 Å². The minimum Gasteiger partial charge on any atom is -0.376 e. The van der Waals surface area contributed by atoms with Gasteiger partial charge in [-0.3, -0.25) is 0 Å². The lowest BCUT2D eigenvalue weighted by Crippen LogP contribution is -2.21. The van der Waals surface area contributed by atoms with Crippen LogP contribution in [-0.4, -0.2) is 18.1 Å². The van der Waals surface area contributed by atoms with Crippen LogP contribution in [-0.2, 0) is 0 Å². The molecule has 1 aliphatic heterocycles. The molecule has 0 radical (unpaired) electrons. The lowest BCUT2D eigenvalue weighted by atomic mass is 10.1. The zero-order valence-corrected chi connectivity index (χ0v) is 12.2. The van der Waals surface area contributed by atoms with Gasteiger partial charge in [-0.2, -0.15) is 0 Å². The van der Waals surface area contributed by atoms with E-state index in [4.69, 9.17) is 0 Å². The number of pyridine rings is 1. The topological polar surface area (TPSA) is 28.2 Å². The molecule has 3 rings (SSSR count). The number of halogens is 1. The normalized spacial score (nSPS) is 16.0. The first-order valence-corrected chi connectivity index (χ1v) is 7.46. The quantitative estimate of drug-likeness (QED) is 0.920. The van der Waals surface area contributed by atoms with Crippen molar-refractivity contribution in [2.75, 3.05) is 23.3 Å². The molecule has 0 bridgehead atoms. The van der Waals surface area contributed by atoms with Gasteiger partial charge >= 0.3 is 0 Å². The standard InChI is InChI=1S/C17H20FN3/c1-13(14-6-8-15(18)9-7-14)20-16-5-4-10-19-17(16)21-11-2-3-12-21/h4-10,13,20H,2-3,11-12H2,1H3. The van der Waals surface area contributed by atoms with Crippen LogP contribution < -0.4 is 10.2 Å². The summed E-state index contributed by atoms with van der Waals surface area (Å²) in [4.78, 5) is 6.84. The average molecular weight is 285 g/mol. The molecule has 21 heavy (non-hydrogen) atoms. The van der Waals surface area contributed by atoms with Gasteiger partial charge in [0.25, 0.3) is 0 Å². The van der Waals surface area contributed by atoms with E-state index < -0.39 is 0 Å². The van der Waals surface area contributed by atoms with Crippen molar-refractivity contribution in [1.82, 2.24) is 4.98 Å². The highest BCUT2D eigenvalue weighted by atomic mass is 19.1. The molecule has 1 aliphatic rings. The maximum atomic E-state index is 13.0. The highest BCUT2D eigenvalue weighted by molar-refractivity contribution is 5.66. The molecule has 1 N–H and O–H groups in total. The third-order valence-electron chi connectivity index (χ3n) is 3.93. The van der Waals surface area contributed by atoms with E-state index in [1.807, 2.05) is 24.4 Å². The molecule has 1 unspecified atom stereocenters. The second kappa shape index (κ2) is 6.12. The van der Waals surface area contributed by atoms with Crippen LogP contribution in [0.5, 0.6) is 0 Å². The van der Waals surface area contributed by atoms with E-state index >= 15 is 0 Å². The van der Waals surface area contributed by atoms with Gasteiger partial charge in [0.2, 0.25) is 0 Å². The van der Waals surface area contributed by atoms with Gasteiger partial charge < -0.3 is 10.2 Å². The fraction of sp³-hybridized carbons (Fsp3) is 0.353. The van der Waals surface area contributed by atoms with Gasteiger partial charge in [0.15, 0.2) is 5.82 Å². The smallest absolute Gasteiger partial charge is 0.151 e. The van der Waals surface area contributed by atoms with Crippen LogP contribution in [0.4, 0.5) is 15.9 Å². The molecule has 0 amide bonds. The Morgan fingerprint density at radius 1 is 1.14 bits per heavy atom. The van der Waals surface area contributed by atoms with Gasteiger partial charge in [-0.25, -0.2) is 9.37 Å². The molecular weight excluding hydrogens is 265 g/mol. The molecule has 1 fully saturated rings. The van der Waals surface area contributed by atoms with Gasteiger partial charge in [-0.05, 0) is 49.6 Å². The summed E-state index contributed by atoms with van der Waals surface area (Å²) < 4.78 is 13.0. The van der Waals surface area contributed by atoms with Gasteiger partial charge in [-0.15, -0.1) is 0 Å². The summed E-state index contributed by atoms with van der Waals surface area (Å²) in [6.45, 7) is 4.21. The molecule has 4 heteroatoms. The van der Waals surface area contributed by atoms with Crippen molar-refractivity contribution in [3.63, 3.8) is 0 Å². The molecule has 1 aromatic heterocycles. The first-order valence-electron chi connectivity index (χ1n) is 7.46. The Hall–Kier alpha value is -2.10. The highest BCUT2D eigenvalue weighted by Crippen LogP contribution is 2.29. The van der Waals surface area contributed by atoms with Crippen LogP contribution in [0.3, 0.4) is 0 Å². The molecular formula is C17H20FN3. The van der Waals surface area contributed by atoms with Gasteiger partial charge in [0.1, 0.15) is 5.82 Å². The predicted octanol–water partition coefficient (Wildman–Crippen LogP) is 3.99. The van der Waals surface area contributed by atoms with Crippen molar-refractivity contribution in [3.05, 3.63) is 54.0 Å². The number of rotatable bonds is 4. The van der Waals surface area contributed by atoms with Crippen molar-refractivity contribution in [2.24, 2.45) is 0 Å². The molecule has 110 valence electrons. The minimum atomic E-state index is -0.204. The van der Waals surface area contributed by atoms with Crippen LogP contribution in [0.1, 0.15) is 31.4 Å². The predicted molar refractivity (Wildman–Crippen MR) is 84.1 cm³/mol. The number of nitrogens with zero attached hydrogens (tertiary/aromatic N) is 2. The minimum absolute atomic E-state index is 0.108. The van der Waals surface area contributed by atoms with Gasteiger partial charge in [0.05, 0.1) is 5.69 Å². The third kappa shape index (κ3) is 3.15. The first-order chi connectivity index (χ1) is 10.2. The molecule has 1 atom stereocenters. The highest BCUT2D eigenvalue weighted by Gasteiger charge is 2.17. The van der Waals surface area contributed by atoms with Crippen LogP contribution >= 0.6 is 0 Å².